The Hall–Kier alpha value is -2.10. The monoisotopic (exact) mass is 234 g/mol. The molecule has 0 fully saturated rings. The highest BCUT2D eigenvalue weighted by Gasteiger charge is 2.18. The van der Waals surface area contributed by atoms with Crippen molar-refractivity contribution in [3.8, 4) is 0 Å². The van der Waals surface area contributed by atoms with Gasteiger partial charge in [-0.2, -0.15) is 0 Å². The maximum atomic E-state index is 11.9. The quantitative estimate of drug-likeness (QED) is 0.375. The lowest BCUT2D eigenvalue weighted by atomic mass is 10.0. The van der Waals surface area contributed by atoms with Gasteiger partial charge < -0.3 is 9.84 Å². The second-order valence-electron chi connectivity index (χ2n) is 3.39. The highest BCUT2D eigenvalue weighted by atomic mass is 16.5. The summed E-state index contributed by atoms with van der Waals surface area (Å²) in [4.78, 5) is 23.1. The van der Waals surface area contributed by atoms with Crippen LogP contribution in [0.3, 0.4) is 0 Å². The van der Waals surface area contributed by atoms with Gasteiger partial charge in [-0.1, -0.05) is 30.3 Å². The number of hydrogen-bond donors (Lipinski definition) is 1. The average molecular weight is 234 g/mol. The van der Waals surface area contributed by atoms with Crippen LogP contribution in [0.1, 0.15) is 24.2 Å². The molecule has 1 aromatic rings. The number of aliphatic hydroxyl groups is 1. The van der Waals surface area contributed by atoms with Crippen LogP contribution in [0.15, 0.2) is 41.7 Å². The molecule has 0 spiro atoms. The molecule has 0 aliphatic heterocycles. The number of ether oxygens (including phenoxy) is 1. The molecule has 0 aromatic heterocycles. The Morgan fingerprint density at radius 1 is 1.24 bits per heavy atom. The van der Waals surface area contributed by atoms with Crippen molar-refractivity contribution in [2.75, 3.05) is 6.61 Å². The van der Waals surface area contributed by atoms with Crippen LogP contribution in [0.5, 0.6) is 0 Å². The van der Waals surface area contributed by atoms with Crippen LogP contribution in [0.2, 0.25) is 0 Å². The molecule has 1 N–H and O–H groups in total. The molecule has 0 heterocycles. The van der Waals surface area contributed by atoms with E-state index < -0.39 is 17.5 Å². The first-order chi connectivity index (χ1) is 8.07. The number of hydrogen-bond acceptors (Lipinski definition) is 4. The minimum Gasteiger partial charge on any atom is -0.502 e. The van der Waals surface area contributed by atoms with Crippen molar-refractivity contribution in [1.82, 2.24) is 0 Å². The normalized spacial score (nSPS) is 11.6. The van der Waals surface area contributed by atoms with E-state index in [1.165, 1.54) is 6.92 Å². The Morgan fingerprint density at radius 2 is 1.82 bits per heavy atom. The van der Waals surface area contributed by atoms with Crippen molar-refractivity contribution in [3.05, 3.63) is 47.2 Å². The lowest BCUT2D eigenvalue weighted by Crippen LogP contribution is -2.13. The topological polar surface area (TPSA) is 63.6 Å². The summed E-state index contributed by atoms with van der Waals surface area (Å²) < 4.78 is 4.61. The fourth-order valence-electron chi connectivity index (χ4n) is 1.27. The number of rotatable bonds is 4. The number of Topliss-reactive ketones (excluding diaryl/α,β-unsaturated/α-hetero) is 1. The third kappa shape index (κ3) is 3.17. The van der Waals surface area contributed by atoms with Crippen molar-refractivity contribution < 1.29 is 19.4 Å². The van der Waals surface area contributed by atoms with Gasteiger partial charge in [0, 0.05) is 11.1 Å². The van der Waals surface area contributed by atoms with Gasteiger partial charge in [0.15, 0.2) is 5.78 Å². The van der Waals surface area contributed by atoms with Gasteiger partial charge in [0.05, 0.1) is 6.61 Å². The van der Waals surface area contributed by atoms with Gasteiger partial charge >= 0.3 is 5.97 Å². The number of carbonyl (C=O) groups is 2. The second kappa shape index (κ2) is 5.84. The smallest absolute Gasteiger partial charge is 0.373 e. The molecule has 0 unspecified atom stereocenters. The molecule has 0 amide bonds. The third-order valence-electron chi connectivity index (χ3n) is 2.20. The Morgan fingerprint density at radius 3 is 2.35 bits per heavy atom. The van der Waals surface area contributed by atoms with Crippen molar-refractivity contribution >= 4 is 11.8 Å². The zero-order chi connectivity index (χ0) is 12.8. The minimum atomic E-state index is -0.880. The van der Waals surface area contributed by atoms with E-state index >= 15 is 0 Å². The first-order valence-corrected chi connectivity index (χ1v) is 5.24. The van der Waals surface area contributed by atoms with Crippen LogP contribution in [-0.2, 0) is 9.53 Å². The van der Waals surface area contributed by atoms with Crippen LogP contribution in [-0.4, -0.2) is 23.5 Å². The largest absolute Gasteiger partial charge is 0.502 e. The summed E-state index contributed by atoms with van der Waals surface area (Å²) in [6.07, 6.45) is 0. The Bertz CT molecular complexity index is 446. The fraction of sp³-hybridized carbons (Fsp3) is 0.231. The number of esters is 1. The Kier molecular flexibility index (Phi) is 4.46. The summed E-state index contributed by atoms with van der Waals surface area (Å²) in [5, 5.41) is 9.53. The molecular formula is C13H14O4. The zero-order valence-electron chi connectivity index (χ0n) is 9.77. The molecule has 0 bridgehead atoms. The van der Waals surface area contributed by atoms with Gasteiger partial charge in [-0.25, -0.2) is 4.79 Å². The average Bonchev–Trinajstić information content (AvgIpc) is 2.37. The molecule has 0 aliphatic carbocycles. The standard InChI is InChI=1S/C13H14O4/c1-3-17-13(16)12(15)9(2)11(14)10-7-5-4-6-8-10/h4-8,15H,3H2,1-2H3. The molecule has 1 rings (SSSR count). The van der Waals surface area contributed by atoms with Crippen molar-refractivity contribution in [2.45, 2.75) is 13.8 Å². The second-order valence-corrected chi connectivity index (χ2v) is 3.39. The molecule has 1 aromatic carbocycles. The molecule has 0 atom stereocenters. The molecule has 17 heavy (non-hydrogen) atoms. The van der Waals surface area contributed by atoms with E-state index in [0.717, 1.165) is 0 Å². The number of ketones is 1. The van der Waals surface area contributed by atoms with Gasteiger partial charge in [0.25, 0.3) is 0 Å². The molecule has 4 nitrogen and oxygen atoms in total. The van der Waals surface area contributed by atoms with E-state index in [9.17, 15) is 14.7 Å². The van der Waals surface area contributed by atoms with E-state index in [4.69, 9.17) is 0 Å². The number of benzene rings is 1. The van der Waals surface area contributed by atoms with Crippen LogP contribution >= 0.6 is 0 Å². The third-order valence-corrected chi connectivity index (χ3v) is 2.20. The SMILES string of the molecule is CCOC(=O)C(O)=C(C)C(=O)c1ccccc1. The van der Waals surface area contributed by atoms with Crippen molar-refractivity contribution in [1.29, 1.82) is 0 Å². The van der Waals surface area contributed by atoms with Gasteiger partial charge in [0.1, 0.15) is 0 Å². The van der Waals surface area contributed by atoms with E-state index in [1.807, 2.05) is 0 Å². The molecule has 0 saturated heterocycles. The highest BCUT2D eigenvalue weighted by molar-refractivity contribution is 6.11. The summed E-state index contributed by atoms with van der Waals surface area (Å²) in [5.41, 5.74) is 0.399. The van der Waals surface area contributed by atoms with Gasteiger partial charge in [-0.3, -0.25) is 4.79 Å². The number of carbonyl (C=O) groups excluding carboxylic acids is 2. The van der Waals surface area contributed by atoms with Crippen LogP contribution in [0, 0.1) is 0 Å². The van der Waals surface area contributed by atoms with Gasteiger partial charge in [-0.15, -0.1) is 0 Å². The van der Waals surface area contributed by atoms with E-state index in [-0.39, 0.29) is 12.2 Å². The maximum Gasteiger partial charge on any atom is 0.373 e. The Balaban J connectivity index is 2.96. The summed E-state index contributed by atoms with van der Waals surface area (Å²) >= 11 is 0. The molecule has 0 aliphatic rings. The minimum absolute atomic E-state index is 0.0188. The molecule has 0 radical (unpaired) electrons. The van der Waals surface area contributed by atoms with Crippen molar-refractivity contribution in [3.63, 3.8) is 0 Å². The lowest BCUT2D eigenvalue weighted by Gasteiger charge is -2.05. The van der Waals surface area contributed by atoms with Crippen LogP contribution in [0.25, 0.3) is 0 Å². The fourth-order valence-corrected chi connectivity index (χ4v) is 1.27. The molecular weight excluding hydrogens is 220 g/mol. The lowest BCUT2D eigenvalue weighted by molar-refractivity contribution is -0.141. The molecule has 4 heteroatoms. The predicted molar refractivity (Wildman–Crippen MR) is 62.7 cm³/mol. The van der Waals surface area contributed by atoms with Crippen molar-refractivity contribution in [2.24, 2.45) is 0 Å². The maximum absolute atomic E-state index is 11.9. The summed E-state index contributed by atoms with van der Waals surface area (Å²) in [6.45, 7) is 3.16. The van der Waals surface area contributed by atoms with Crippen LogP contribution < -0.4 is 0 Å². The van der Waals surface area contributed by atoms with Gasteiger partial charge in [-0.05, 0) is 13.8 Å². The summed E-state index contributed by atoms with van der Waals surface area (Å²) in [7, 11) is 0. The molecule has 0 saturated carbocycles. The number of aliphatic hydroxyl groups excluding tert-OH is 1. The summed E-state index contributed by atoms with van der Waals surface area (Å²) in [5.74, 6) is -1.91. The van der Waals surface area contributed by atoms with E-state index in [1.54, 1.807) is 37.3 Å². The summed E-state index contributed by atoms with van der Waals surface area (Å²) in [6, 6.07) is 8.43. The predicted octanol–water partition coefficient (Wildman–Crippen LogP) is 2.26. The van der Waals surface area contributed by atoms with E-state index in [0.29, 0.717) is 5.56 Å². The van der Waals surface area contributed by atoms with Gasteiger partial charge in [0.2, 0.25) is 5.76 Å². The molecule has 90 valence electrons. The Labute approximate surface area is 99.5 Å². The first kappa shape index (κ1) is 13.0. The highest BCUT2D eigenvalue weighted by Crippen LogP contribution is 2.11. The van der Waals surface area contributed by atoms with E-state index in [2.05, 4.69) is 4.74 Å². The zero-order valence-corrected chi connectivity index (χ0v) is 9.77. The van der Waals surface area contributed by atoms with Crippen LogP contribution in [0.4, 0.5) is 0 Å². The first-order valence-electron chi connectivity index (χ1n) is 5.24. The number of allylic oxidation sites excluding steroid dienone is 1.